The maximum atomic E-state index is 10.9. The summed E-state index contributed by atoms with van der Waals surface area (Å²) >= 11 is 0. The monoisotopic (exact) mass is 462 g/mol. The van der Waals surface area contributed by atoms with E-state index in [1.807, 2.05) is 30.4 Å². The van der Waals surface area contributed by atoms with Crippen LogP contribution in [0.4, 0.5) is 11.4 Å². The average Bonchev–Trinajstić information content (AvgIpc) is 2.85. The first-order chi connectivity index (χ1) is 16.4. The van der Waals surface area contributed by atoms with E-state index in [9.17, 15) is 10.1 Å². The van der Waals surface area contributed by atoms with Gasteiger partial charge in [-0.1, -0.05) is 19.9 Å². The van der Waals surface area contributed by atoms with E-state index >= 15 is 0 Å². The van der Waals surface area contributed by atoms with E-state index in [-0.39, 0.29) is 5.69 Å². The second-order valence-corrected chi connectivity index (χ2v) is 8.37. The molecular weight excluding hydrogens is 428 g/mol. The quantitative estimate of drug-likeness (QED) is 0.253. The van der Waals surface area contributed by atoms with E-state index in [1.165, 1.54) is 12.1 Å². The van der Waals surface area contributed by atoms with E-state index in [0.29, 0.717) is 6.04 Å². The molecule has 0 bridgehead atoms. The van der Waals surface area contributed by atoms with Gasteiger partial charge in [0, 0.05) is 35.3 Å². The van der Waals surface area contributed by atoms with Crippen LogP contribution in [0.1, 0.15) is 44.9 Å². The van der Waals surface area contributed by atoms with Crippen LogP contribution in [0.25, 0.3) is 23.1 Å². The van der Waals surface area contributed by atoms with Gasteiger partial charge in [-0.05, 0) is 81.4 Å². The van der Waals surface area contributed by atoms with Gasteiger partial charge in [-0.25, -0.2) is 4.98 Å². The average molecular weight is 463 g/mol. The minimum atomic E-state index is -0.396. The number of nitrogens with zero attached hydrogens (tertiary/aromatic N) is 3. The van der Waals surface area contributed by atoms with Crippen molar-refractivity contribution < 1.29 is 9.66 Å². The number of anilines is 1. The highest BCUT2D eigenvalue weighted by Gasteiger charge is 2.10. The number of hydrogen-bond donors (Lipinski definition) is 1. The Morgan fingerprint density at radius 1 is 1.12 bits per heavy atom. The van der Waals surface area contributed by atoms with Gasteiger partial charge in [-0.2, -0.15) is 0 Å². The van der Waals surface area contributed by atoms with Gasteiger partial charge in [-0.3, -0.25) is 10.1 Å². The lowest BCUT2D eigenvalue weighted by atomic mass is 10.1. The molecule has 1 heterocycles. The standard InChI is InChI=1S/C27H34N4O3/c1-5-30(6-2)17-7-8-20(3)28-26-18-22(29-27-19-24(34-4)15-16-25(26)27)12-9-21-10-13-23(14-11-21)31(32)33/h9-16,18-20H,5-8,17H2,1-4H3,(H,28,29)/b12-9+/t20-/m0/s1. The number of fused-ring (bicyclic) bond motifs is 1. The van der Waals surface area contributed by atoms with Gasteiger partial charge >= 0.3 is 0 Å². The topological polar surface area (TPSA) is 80.5 Å². The molecular formula is C27H34N4O3. The maximum absolute atomic E-state index is 10.9. The van der Waals surface area contributed by atoms with Crippen LogP contribution in [0, 0.1) is 10.1 Å². The van der Waals surface area contributed by atoms with Crippen LogP contribution in [-0.2, 0) is 0 Å². The van der Waals surface area contributed by atoms with Crippen LogP contribution < -0.4 is 10.1 Å². The first kappa shape index (κ1) is 25.2. The van der Waals surface area contributed by atoms with Gasteiger partial charge in [-0.15, -0.1) is 0 Å². The Bertz CT molecular complexity index is 1120. The molecule has 3 aromatic rings. The van der Waals surface area contributed by atoms with Crippen LogP contribution in [0.2, 0.25) is 0 Å². The molecule has 0 aliphatic heterocycles. The Kier molecular flexibility index (Phi) is 8.99. The van der Waals surface area contributed by atoms with Gasteiger partial charge in [0.2, 0.25) is 0 Å². The largest absolute Gasteiger partial charge is 0.497 e. The number of pyridine rings is 1. The molecule has 1 atom stereocenters. The molecule has 0 aliphatic carbocycles. The number of aromatic nitrogens is 1. The molecule has 1 N–H and O–H groups in total. The van der Waals surface area contributed by atoms with Crippen LogP contribution in [0.15, 0.2) is 48.5 Å². The first-order valence-electron chi connectivity index (χ1n) is 11.8. The van der Waals surface area contributed by atoms with Crippen molar-refractivity contribution in [3.05, 3.63) is 69.9 Å². The number of nitrogens with one attached hydrogen (secondary N) is 1. The SMILES string of the molecule is CCN(CC)CCC[C@H](C)Nc1cc(/C=C/c2ccc([N+](=O)[O-])cc2)nc2cc(OC)ccc12. The zero-order valence-corrected chi connectivity index (χ0v) is 20.5. The molecule has 3 rings (SSSR count). The number of ether oxygens (including phenoxy) is 1. The Hall–Kier alpha value is -3.45. The highest BCUT2D eigenvalue weighted by Crippen LogP contribution is 2.28. The second kappa shape index (κ2) is 12.1. The van der Waals surface area contributed by atoms with Crippen molar-refractivity contribution in [2.24, 2.45) is 0 Å². The van der Waals surface area contributed by atoms with Gasteiger partial charge < -0.3 is 15.0 Å². The van der Waals surface area contributed by atoms with E-state index in [2.05, 4.69) is 37.1 Å². The number of non-ortho nitro benzene ring substituents is 1. The summed E-state index contributed by atoms with van der Waals surface area (Å²) in [6.45, 7) is 9.89. The maximum Gasteiger partial charge on any atom is 0.269 e. The van der Waals surface area contributed by atoms with Crippen LogP contribution in [-0.4, -0.2) is 47.6 Å². The van der Waals surface area contributed by atoms with E-state index in [0.717, 1.165) is 66.1 Å². The van der Waals surface area contributed by atoms with Gasteiger partial charge in [0.25, 0.3) is 5.69 Å². The molecule has 7 heteroatoms. The Morgan fingerprint density at radius 3 is 2.50 bits per heavy atom. The zero-order valence-electron chi connectivity index (χ0n) is 20.5. The molecule has 7 nitrogen and oxygen atoms in total. The molecule has 0 saturated heterocycles. The molecule has 1 aromatic heterocycles. The number of methoxy groups -OCH3 is 1. The van der Waals surface area contributed by atoms with E-state index in [4.69, 9.17) is 9.72 Å². The van der Waals surface area contributed by atoms with Crippen LogP contribution in [0.5, 0.6) is 5.75 Å². The van der Waals surface area contributed by atoms with Crippen molar-refractivity contribution in [2.75, 3.05) is 32.1 Å². The minimum Gasteiger partial charge on any atom is -0.497 e. The molecule has 0 aliphatic rings. The number of nitro groups is 1. The normalized spacial score (nSPS) is 12.4. The summed E-state index contributed by atoms with van der Waals surface area (Å²) in [4.78, 5) is 17.7. The van der Waals surface area contributed by atoms with Crippen molar-refractivity contribution in [1.29, 1.82) is 0 Å². The fourth-order valence-corrected chi connectivity index (χ4v) is 3.95. The molecule has 2 aromatic carbocycles. The van der Waals surface area contributed by atoms with Crippen LogP contribution >= 0.6 is 0 Å². The van der Waals surface area contributed by atoms with E-state index < -0.39 is 4.92 Å². The number of rotatable bonds is 12. The lowest BCUT2D eigenvalue weighted by Gasteiger charge is -2.21. The smallest absolute Gasteiger partial charge is 0.269 e. The third-order valence-electron chi connectivity index (χ3n) is 6.00. The van der Waals surface area contributed by atoms with Crippen molar-refractivity contribution in [3.8, 4) is 5.75 Å². The molecule has 0 unspecified atom stereocenters. The van der Waals surface area contributed by atoms with E-state index in [1.54, 1.807) is 19.2 Å². The summed E-state index contributed by atoms with van der Waals surface area (Å²) in [6.07, 6.45) is 6.05. The summed E-state index contributed by atoms with van der Waals surface area (Å²) in [5.74, 6) is 0.759. The fourth-order valence-electron chi connectivity index (χ4n) is 3.95. The van der Waals surface area contributed by atoms with Crippen molar-refractivity contribution in [1.82, 2.24) is 9.88 Å². The van der Waals surface area contributed by atoms with Crippen LogP contribution in [0.3, 0.4) is 0 Å². The summed E-state index contributed by atoms with van der Waals surface area (Å²) in [5, 5.41) is 15.6. The number of benzene rings is 2. The first-order valence-corrected chi connectivity index (χ1v) is 11.8. The highest BCUT2D eigenvalue weighted by atomic mass is 16.6. The predicted molar refractivity (Wildman–Crippen MR) is 140 cm³/mol. The predicted octanol–water partition coefficient (Wildman–Crippen LogP) is 6.24. The molecule has 0 saturated carbocycles. The third-order valence-corrected chi connectivity index (χ3v) is 6.00. The summed E-state index contributed by atoms with van der Waals surface area (Å²) in [7, 11) is 1.65. The number of hydrogen-bond acceptors (Lipinski definition) is 6. The number of nitro benzene ring substituents is 1. The molecule has 0 spiro atoms. The molecule has 0 radical (unpaired) electrons. The molecule has 0 fully saturated rings. The molecule has 34 heavy (non-hydrogen) atoms. The second-order valence-electron chi connectivity index (χ2n) is 8.37. The third kappa shape index (κ3) is 6.78. The Labute approximate surface area is 201 Å². The lowest BCUT2D eigenvalue weighted by Crippen LogP contribution is -2.25. The summed E-state index contributed by atoms with van der Waals surface area (Å²) < 4.78 is 5.40. The Morgan fingerprint density at radius 2 is 1.85 bits per heavy atom. The van der Waals surface area contributed by atoms with Crippen molar-refractivity contribution >= 4 is 34.4 Å². The Balaban J connectivity index is 1.82. The fraction of sp³-hybridized carbons (Fsp3) is 0.370. The highest BCUT2D eigenvalue weighted by molar-refractivity contribution is 5.93. The van der Waals surface area contributed by atoms with Crippen molar-refractivity contribution in [3.63, 3.8) is 0 Å². The van der Waals surface area contributed by atoms with Gasteiger partial charge in [0.05, 0.1) is 23.2 Å². The summed E-state index contributed by atoms with van der Waals surface area (Å²) in [5.41, 5.74) is 3.64. The van der Waals surface area contributed by atoms with Gasteiger partial charge in [0.15, 0.2) is 0 Å². The molecule has 180 valence electrons. The van der Waals surface area contributed by atoms with Gasteiger partial charge in [0.1, 0.15) is 5.75 Å². The molecule has 0 amide bonds. The van der Waals surface area contributed by atoms with Crippen molar-refractivity contribution in [2.45, 2.75) is 39.7 Å². The minimum absolute atomic E-state index is 0.0783. The summed E-state index contributed by atoms with van der Waals surface area (Å²) in [6, 6.07) is 14.8. The lowest BCUT2D eigenvalue weighted by molar-refractivity contribution is -0.384. The zero-order chi connectivity index (χ0) is 24.5.